The van der Waals surface area contributed by atoms with E-state index in [9.17, 15) is 13.2 Å². The third kappa shape index (κ3) is 3.44. The molecule has 0 radical (unpaired) electrons. The lowest BCUT2D eigenvalue weighted by Gasteiger charge is -2.02. The first-order chi connectivity index (χ1) is 5.55. The van der Waals surface area contributed by atoms with E-state index >= 15 is 0 Å². The van der Waals surface area contributed by atoms with E-state index in [-0.39, 0.29) is 30.5 Å². The highest BCUT2D eigenvalue weighted by Gasteiger charge is 2.37. The average molecular weight is 244 g/mol. The van der Waals surface area contributed by atoms with Crippen LogP contribution in [0.4, 0.5) is 18.9 Å². The lowest BCUT2D eigenvalue weighted by atomic mass is 10.2. The average Bonchev–Trinajstić information content (AvgIpc) is 2.03. The zero-order valence-electron chi connectivity index (χ0n) is 6.75. The Morgan fingerprint density at radius 1 is 1.14 bits per heavy atom. The predicted octanol–water partition coefficient (Wildman–Crippen LogP) is 0.725. The van der Waals surface area contributed by atoms with Crippen LogP contribution in [0.1, 0.15) is 5.56 Å². The van der Waals surface area contributed by atoms with Gasteiger partial charge in [0.05, 0.1) is 0 Å². The minimum atomic E-state index is -4.39. The highest BCUT2D eigenvalue weighted by Crippen LogP contribution is 2.35. The van der Waals surface area contributed by atoms with E-state index in [0.717, 1.165) is 6.07 Å². The molecule has 1 aromatic rings. The topological polar surface area (TPSA) is 4.36 Å². The Morgan fingerprint density at radius 2 is 1.64 bits per heavy atom. The van der Waals surface area contributed by atoms with Crippen molar-refractivity contribution >= 4 is 18.1 Å². The van der Waals surface area contributed by atoms with Gasteiger partial charge in [0.25, 0.3) is 6.57 Å². The summed E-state index contributed by atoms with van der Waals surface area (Å²) in [5.41, 5.74) is -1.06. The van der Waals surface area contributed by atoms with Gasteiger partial charge in [0.1, 0.15) is 5.56 Å². The maximum atomic E-state index is 12.1. The Morgan fingerprint density at radius 3 is 2.00 bits per heavy atom. The molecule has 0 atom stereocenters. The molecule has 0 bridgehead atoms. The Balaban J connectivity index is 0. The van der Waals surface area contributed by atoms with Crippen molar-refractivity contribution in [2.75, 3.05) is 0 Å². The smallest absolute Gasteiger partial charge is 0.424 e. The Kier molecular flexibility index (Phi) is 6.37. The lowest BCUT2D eigenvalue weighted by Crippen LogP contribution is -3.00. The summed E-state index contributed by atoms with van der Waals surface area (Å²) in [6.07, 6.45) is -4.39. The Labute approximate surface area is 91.6 Å². The minimum absolute atomic E-state index is 0. The standard InChI is InChI=1S/C8H5F3N.2ClH/c1-12-7-5-3-2-4-6(7)8(9,10)11;;/h1-5H;2*1H/q+1;;/p-1. The van der Waals surface area contributed by atoms with E-state index in [2.05, 4.69) is 4.85 Å². The fourth-order valence-corrected chi connectivity index (χ4v) is 0.826. The summed E-state index contributed by atoms with van der Waals surface area (Å²) in [5, 5.41) is 0. The van der Waals surface area contributed by atoms with E-state index < -0.39 is 11.7 Å². The van der Waals surface area contributed by atoms with E-state index in [0.29, 0.717) is 0 Å². The molecule has 0 spiro atoms. The molecule has 1 rings (SSSR count). The van der Waals surface area contributed by atoms with Crippen molar-refractivity contribution in [3.05, 3.63) is 34.7 Å². The first-order valence-electron chi connectivity index (χ1n) is 3.13. The predicted molar refractivity (Wildman–Crippen MR) is 46.7 cm³/mol. The van der Waals surface area contributed by atoms with Crippen LogP contribution in [0.3, 0.4) is 0 Å². The molecule has 0 aromatic heterocycles. The molecule has 1 aromatic carbocycles. The quantitative estimate of drug-likeness (QED) is 0.633. The van der Waals surface area contributed by atoms with Gasteiger partial charge >= 0.3 is 11.9 Å². The lowest BCUT2D eigenvalue weighted by molar-refractivity contribution is -0.136. The van der Waals surface area contributed by atoms with Crippen molar-refractivity contribution in [1.82, 2.24) is 0 Å². The molecule has 0 amide bonds. The molecule has 0 unspecified atom stereocenters. The zero-order chi connectivity index (χ0) is 9.19. The van der Waals surface area contributed by atoms with Gasteiger partial charge in [0.15, 0.2) is 0 Å². The van der Waals surface area contributed by atoms with Gasteiger partial charge in [-0.05, 0) is 10.9 Å². The van der Waals surface area contributed by atoms with Gasteiger partial charge in [-0.15, -0.1) is 12.4 Å². The molecule has 0 saturated carbocycles. The number of benzene rings is 1. The molecule has 0 aliphatic carbocycles. The number of rotatable bonds is 0. The second-order valence-electron chi connectivity index (χ2n) is 2.14. The van der Waals surface area contributed by atoms with Gasteiger partial charge in [-0.1, -0.05) is 12.1 Å². The van der Waals surface area contributed by atoms with Gasteiger partial charge in [0.2, 0.25) is 0 Å². The van der Waals surface area contributed by atoms with Crippen LogP contribution in [0, 0.1) is 6.57 Å². The number of halogens is 5. The van der Waals surface area contributed by atoms with Crippen LogP contribution < -0.4 is 12.4 Å². The summed E-state index contributed by atoms with van der Waals surface area (Å²) in [7, 11) is 0. The molecular weight excluding hydrogens is 238 g/mol. The minimum Gasteiger partial charge on any atom is -1.00 e. The second kappa shape index (κ2) is 5.74. The van der Waals surface area contributed by atoms with Crippen molar-refractivity contribution in [1.29, 1.82) is 0 Å². The van der Waals surface area contributed by atoms with E-state index in [1.165, 1.54) is 18.2 Å². The maximum Gasteiger partial charge on any atom is 0.424 e. The molecule has 6 heteroatoms. The Hall–Kier alpha value is -0.920. The van der Waals surface area contributed by atoms with Crippen molar-refractivity contribution in [3.63, 3.8) is 0 Å². The number of nitrogens with zero attached hydrogens (tertiary/aromatic N) is 1. The number of alkyl halides is 3. The van der Waals surface area contributed by atoms with Crippen LogP contribution in [0.2, 0.25) is 0 Å². The highest BCUT2D eigenvalue weighted by atomic mass is 35.5. The van der Waals surface area contributed by atoms with Crippen LogP contribution >= 0.6 is 12.4 Å². The van der Waals surface area contributed by atoms with Crippen molar-refractivity contribution in [2.45, 2.75) is 6.18 Å². The molecule has 0 aliphatic heterocycles. The second-order valence-corrected chi connectivity index (χ2v) is 2.14. The van der Waals surface area contributed by atoms with Gasteiger partial charge < -0.3 is 12.4 Å². The monoisotopic (exact) mass is 243 g/mol. The van der Waals surface area contributed by atoms with Gasteiger partial charge in [-0.25, -0.2) is 0 Å². The van der Waals surface area contributed by atoms with Gasteiger partial charge in [-0.3, -0.25) is 0 Å². The molecular formula is C8H6Cl2F3N. The molecule has 0 fully saturated rings. The number of hydrogen-bond acceptors (Lipinski definition) is 0. The van der Waals surface area contributed by atoms with Gasteiger partial charge in [-0.2, -0.15) is 13.2 Å². The van der Waals surface area contributed by atoms with Crippen LogP contribution in [0.5, 0.6) is 0 Å². The van der Waals surface area contributed by atoms with Crippen LogP contribution in [-0.4, -0.2) is 0 Å². The summed E-state index contributed by atoms with van der Waals surface area (Å²) >= 11 is 0. The molecule has 0 aliphatic rings. The number of hydrogen-bond donors (Lipinski definition) is 0. The zero-order valence-corrected chi connectivity index (χ0v) is 8.33. The molecule has 0 saturated heterocycles. The molecule has 78 valence electrons. The highest BCUT2D eigenvalue weighted by molar-refractivity contribution is 5.85. The van der Waals surface area contributed by atoms with Crippen LogP contribution in [-0.2, 0) is 6.18 Å². The van der Waals surface area contributed by atoms with Crippen LogP contribution in [0.15, 0.2) is 24.3 Å². The van der Waals surface area contributed by atoms with E-state index in [1.807, 2.05) is 0 Å². The molecule has 1 nitrogen and oxygen atoms in total. The molecule has 0 N–H and O–H groups in total. The fourth-order valence-electron chi connectivity index (χ4n) is 0.826. The fraction of sp³-hybridized carbons (Fsp3) is 0.125. The summed E-state index contributed by atoms with van der Waals surface area (Å²) < 4.78 is 36.4. The third-order valence-corrected chi connectivity index (χ3v) is 1.35. The van der Waals surface area contributed by atoms with E-state index in [4.69, 9.17) is 6.57 Å². The number of para-hydroxylation sites is 1. The van der Waals surface area contributed by atoms with Crippen LogP contribution in [0.25, 0.3) is 4.85 Å². The van der Waals surface area contributed by atoms with Crippen molar-refractivity contribution in [3.8, 4) is 6.57 Å². The first-order valence-corrected chi connectivity index (χ1v) is 3.13. The van der Waals surface area contributed by atoms with Gasteiger partial charge in [0, 0.05) is 6.07 Å². The maximum absolute atomic E-state index is 12.1. The summed E-state index contributed by atoms with van der Waals surface area (Å²) in [6, 6.07) is 4.88. The first kappa shape index (κ1) is 15.5. The Bertz CT molecular complexity index is 330. The summed E-state index contributed by atoms with van der Waals surface area (Å²) in [6.45, 7) is 4.77. The SMILES string of the molecule is C#[N+]c1ccccc1C(F)(F)F.Cl.[Cl-]. The summed E-state index contributed by atoms with van der Waals surface area (Å²) in [5.74, 6) is 0. The largest absolute Gasteiger partial charge is 1.00 e. The normalized spacial score (nSPS) is 9.29. The van der Waals surface area contributed by atoms with Crippen molar-refractivity contribution < 1.29 is 25.6 Å². The summed E-state index contributed by atoms with van der Waals surface area (Å²) in [4.78, 5) is 3.02. The van der Waals surface area contributed by atoms with E-state index in [1.54, 1.807) is 0 Å². The van der Waals surface area contributed by atoms with Crippen molar-refractivity contribution in [2.24, 2.45) is 0 Å². The third-order valence-electron chi connectivity index (χ3n) is 1.35. The molecule has 0 heterocycles. The molecule has 14 heavy (non-hydrogen) atoms.